The lowest BCUT2D eigenvalue weighted by Gasteiger charge is -2.20. The Bertz CT molecular complexity index is 162. The van der Waals surface area contributed by atoms with Crippen LogP contribution < -0.4 is 10.6 Å². The van der Waals surface area contributed by atoms with Crippen LogP contribution in [-0.2, 0) is 0 Å². The molecule has 0 aliphatic heterocycles. The van der Waals surface area contributed by atoms with Crippen LogP contribution in [0.1, 0.15) is 91.9 Å². The van der Waals surface area contributed by atoms with E-state index >= 15 is 0 Å². The zero-order valence-corrected chi connectivity index (χ0v) is 14.6. The number of unbranched alkanes of at least 4 members (excludes halogenated alkanes) is 4. The third-order valence-corrected chi connectivity index (χ3v) is 4.29. The molecule has 122 valence electrons. The van der Waals surface area contributed by atoms with Gasteiger partial charge in [0.05, 0.1) is 0 Å². The van der Waals surface area contributed by atoms with Crippen LogP contribution in [0, 0.1) is 0 Å². The van der Waals surface area contributed by atoms with Gasteiger partial charge in [0, 0.05) is 25.2 Å². The van der Waals surface area contributed by atoms with E-state index in [0.717, 1.165) is 25.2 Å². The molecule has 0 aromatic heterocycles. The molecule has 0 bridgehead atoms. The zero-order valence-electron chi connectivity index (χ0n) is 14.6. The molecule has 0 fully saturated rings. The quantitative estimate of drug-likeness (QED) is 0.419. The maximum absolute atomic E-state index is 3.71. The van der Waals surface area contributed by atoms with E-state index in [0.29, 0.717) is 0 Å². The molecule has 2 atom stereocenters. The number of hydrogen-bond donors (Lipinski definition) is 2. The van der Waals surface area contributed by atoms with Crippen molar-refractivity contribution in [2.45, 2.75) is 104 Å². The smallest absolute Gasteiger partial charge is 0.00794 e. The van der Waals surface area contributed by atoms with Crippen LogP contribution in [0.25, 0.3) is 0 Å². The predicted molar refractivity (Wildman–Crippen MR) is 92.4 cm³/mol. The fraction of sp³-hybridized carbons (Fsp3) is 1.00. The van der Waals surface area contributed by atoms with Crippen LogP contribution in [0.4, 0.5) is 0 Å². The number of hydrogen-bond acceptors (Lipinski definition) is 2. The topological polar surface area (TPSA) is 24.1 Å². The van der Waals surface area contributed by atoms with Crippen LogP contribution in [-0.4, -0.2) is 25.2 Å². The standard InChI is InChI=1S/C18H40N2/c1-5-9-11-13-17(7-3)19-15-16-20-18(8-4)14-12-10-6-2/h17-20H,5-16H2,1-4H3. The summed E-state index contributed by atoms with van der Waals surface area (Å²) in [7, 11) is 0. The summed E-state index contributed by atoms with van der Waals surface area (Å²) in [5.74, 6) is 0. The largest absolute Gasteiger partial charge is 0.313 e. The minimum Gasteiger partial charge on any atom is -0.313 e. The Morgan fingerprint density at radius 2 is 1.00 bits per heavy atom. The third-order valence-electron chi connectivity index (χ3n) is 4.29. The molecule has 0 amide bonds. The maximum atomic E-state index is 3.71. The number of nitrogens with one attached hydrogen (secondary N) is 2. The highest BCUT2D eigenvalue weighted by molar-refractivity contribution is 4.69. The lowest BCUT2D eigenvalue weighted by molar-refractivity contribution is 0.411. The van der Waals surface area contributed by atoms with Gasteiger partial charge in [-0.25, -0.2) is 0 Å². The summed E-state index contributed by atoms with van der Waals surface area (Å²) in [4.78, 5) is 0. The van der Waals surface area contributed by atoms with E-state index in [9.17, 15) is 0 Å². The SMILES string of the molecule is CCCCCC(CC)NCCNC(CC)CCCCC. The fourth-order valence-corrected chi connectivity index (χ4v) is 2.74. The van der Waals surface area contributed by atoms with Gasteiger partial charge in [0.15, 0.2) is 0 Å². The van der Waals surface area contributed by atoms with Crippen LogP contribution in [0.15, 0.2) is 0 Å². The molecule has 0 aliphatic rings. The molecule has 0 heterocycles. The first kappa shape index (κ1) is 19.9. The Balaban J connectivity index is 3.58. The summed E-state index contributed by atoms with van der Waals surface area (Å²) in [5.41, 5.74) is 0. The lowest BCUT2D eigenvalue weighted by atomic mass is 10.1. The van der Waals surface area contributed by atoms with E-state index in [1.165, 1.54) is 64.2 Å². The summed E-state index contributed by atoms with van der Waals surface area (Å²) >= 11 is 0. The monoisotopic (exact) mass is 284 g/mol. The van der Waals surface area contributed by atoms with Crippen molar-refractivity contribution in [3.8, 4) is 0 Å². The average molecular weight is 285 g/mol. The molecule has 0 aromatic rings. The molecular weight excluding hydrogens is 244 g/mol. The molecule has 20 heavy (non-hydrogen) atoms. The number of rotatable bonds is 15. The van der Waals surface area contributed by atoms with Crippen molar-refractivity contribution < 1.29 is 0 Å². The summed E-state index contributed by atoms with van der Waals surface area (Å²) in [6.45, 7) is 11.4. The van der Waals surface area contributed by atoms with Crippen LogP contribution in [0.5, 0.6) is 0 Å². The molecule has 2 unspecified atom stereocenters. The normalized spacial score (nSPS) is 14.4. The Labute approximate surface area is 128 Å². The van der Waals surface area contributed by atoms with Gasteiger partial charge in [-0.1, -0.05) is 66.2 Å². The average Bonchev–Trinajstić information content (AvgIpc) is 2.48. The van der Waals surface area contributed by atoms with Crippen molar-refractivity contribution in [1.82, 2.24) is 10.6 Å². The van der Waals surface area contributed by atoms with E-state index in [1.807, 2.05) is 0 Å². The maximum Gasteiger partial charge on any atom is 0.00794 e. The Morgan fingerprint density at radius 1 is 0.600 bits per heavy atom. The molecule has 2 nitrogen and oxygen atoms in total. The van der Waals surface area contributed by atoms with Crippen molar-refractivity contribution >= 4 is 0 Å². The summed E-state index contributed by atoms with van der Waals surface area (Å²) < 4.78 is 0. The lowest BCUT2D eigenvalue weighted by Crippen LogP contribution is -2.38. The van der Waals surface area contributed by atoms with Gasteiger partial charge in [-0.05, 0) is 25.7 Å². The Morgan fingerprint density at radius 3 is 1.30 bits per heavy atom. The van der Waals surface area contributed by atoms with E-state index in [2.05, 4.69) is 38.3 Å². The third kappa shape index (κ3) is 11.7. The fourth-order valence-electron chi connectivity index (χ4n) is 2.74. The van der Waals surface area contributed by atoms with Gasteiger partial charge in [-0.15, -0.1) is 0 Å². The van der Waals surface area contributed by atoms with Crippen LogP contribution >= 0.6 is 0 Å². The molecule has 0 aromatic carbocycles. The van der Waals surface area contributed by atoms with Crippen molar-refractivity contribution in [2.75, 3.05) is 13.1 Å². The molecular formula is C18H40N2. The molecule has 0 saturated heterocycles. The molecule has 0 saturated carbocycles. The second-order valence-electron chi connectivity index (χ2n) is 6.11. The van der Waals surface area contributed by atoms with E-state index in [-0.39, 0.29) is 0 Å². The zero-order chi connectivity index (χ0) is 15.1. The minimum absolute atomic E-state index is 0.725. The highest BCUT2D eigenvalue weighted by atomic mass is 15.0. The summed E-state index contributed by atoms with van der Waals surface area (Å²) in [5, 5.41) is 7.43. The first-order valence-corrected chi connectivity index (χ1v) is 9.25. The molecule has 0 radical (unpaired) electrons. The van der Waals surface area contributed by atoms with Crippen molar-refractivity contribution in [3.05, 3.63) is 0 Å². The van der Waals surface area contributed by atoms with Crippen LogP contribution in [0.3, 0.4) is 0 Å². The second-order valence-corrected chi connectivity index (χ2v) is 6.11. The first-order chi connectivity index (χ1) is 9.78. The molecule has 0 spiro atoms. The highest BCUT2D eigenvalue weighted by Gasteiger charge is 2.06. The summed E-state index contributed by atoms with van der Waals surface area (Å²) in [6.07, 6.45) is 13.4. The van der Waals surface area contributed by atoms with Gasteiger partial charge >= 0.3 is 0 Å². The van der Waals surface area contributed by atoms with Gasteiger partial charge in [0.2, 0.25) is 0 Å². The Kier molecular flexibility index (Phi) is 15.3. The summed E-state index contributed by atoms with van der Waals surface area (Å²) in [6, 6.07) is 1.45. The van der Waals surface area contributed by atoms with Crippen molar-refractivity contribution in [1.29, 1.82) is 0 Å². The minimum atomic E-state index is 0.725. The van der Waals surface area contributed by atoms with Gasteiger partial charge in [-0.3, -0.25) is 0 Å². The van der Waals surface area contributed by atoms with Gasteiger partial charge in [0.1, 0.15) is 0 Å². The first-order valence-electron chi connectivity index (χ1n) is 9.25. The van der Waals surface area contributed by atoms with Gasteiger partial charge in [-0.2, -0.15) is 0 Å². The molecule has 0 rings (SSSR count). The Hall–Kier alpha value is -0.0800. The van der Waals surface area contributed by atoms with Crippen LogP contribution in [0.2, 0.25) is 0 Å². The highest BCUT2D eigenvalue weighted by Crippen LogP contribution is 2.07. The van der Waals surface area contributed by atoms with E-state index in [4.69, 9.17) is 0 Å². The predicted octanol–water partition coefficient (Wildman–Crippen LogP) is 4.88. The van der Waals surface area contributed by atoms with Crippen molar-refractivity contribution in [3.63, 3.8) is 0 Å². The molecule has 0 aliphatic carbocycles. The van der Waals surface area contributed by atoms with Gasteiger partial charge < -0.3 is 10.6 Å². The second kappa shape index (κ2) is 15.3. The van der Waals surface area contributed by atoms with Gasteiger partial charge in [0.25, 0.3) is 0 Å². The molecule has 2 N–H and O–H groups in total. The molecule has 2 heteroatoms. The van der Waals surface area contributed by atoms with E-state index in [1.54, 1.807) is 0 Å². The van der Waals surface area contributed by atoms with Crippen molar-refractivity contribution in [2.24, 2.45) is 0 Å². The van der Waals surface area contributed by atoms with E-state index < -0.39 is 0 Å².